The molecule has 3 nitrogen and oxygen atoms in total. The maximum Gasteiger partial charge on any atom is 0.220 e. The molecule has 2 aromatic carbocycles. The first-order valence-corrected chi connectivity index (χ1v) is 7.87. The predicted octanol–water partition coefficient (Wildman–Crippen LogP) is 4.03. The zero-order valence-corrected chi connectivity index (χ0v) is 14.5. The van der Waals surface area contributed by atoms with Crippen LogP contribution in [0.15, 0.2) is 48.5 Å². The number of nitrogens with two attached hydrogens (primary N) is 1. The third-order valence-corrected chi connectivity index (χ3v) is 3.81. The summed E-state index contributed by atoms with van der Waals surface area (Å²) in [5.41, 5.74) is 8.87. The van der Waals surface area contributed by atoms with E-state index >= 15 is 0 Å². The minimum atomic E-state index is 0. The number of para-hydroxylation sites is 1. The maximum absolute atomic E-state index is 11.8. The smallest absolute Gasteiger partial charge is 0.220 e. The zero-order chi connectivity index (χ0) is 15.8. The number of nitrogens with one attached hydrogen (secondary N) is 1. The minimum absolute atomic E-state index is 0. The number of amides is 1. The SMILES string of the molecule is Cl.Nc1ccccc1CCC(=O)NCCCc1ccc(Cl)cc1. The highest BCUT2D eigenvalue weighted by Crippen LogP contribution is 2.13. The summed E-state index contributed by atoms with van der Waals surface area (Å²) in [4.78, 5) is 11.8. The van der Waals surface area contributed by atoms with Gasteiger partial charge in [-0.2, -0.15) is 0 Å². The van der Waals surface area contributed by atoms with E-state index in [0.29, 0.717) is 19.4 Å². The van der Waals surface area contributed by atoms with Crippen LogP contribution in [-0.2, 0) is 17.6 Å². The Morgan fingerprint density at radius 3 is 2.43 bits per heavy atom. The van der Waals surface area contributed by atoms with Crippen molar-refractivity contribution in [2.75, 3.05) is 12.3 Å². The molecule has 23 heavy (non-hydrogen) atoms. The van der Waals surface area contributed by atoms with Gasteiger partial charge in [0.05, 0.1) is 0 Å². The predicted molar refractivity (Wildman–Crippen MR) is 99.2 cm³/mol. The van der Waals surface area contributed by atoms with Crippen LogP contribution in [0.2, 0.25) is 5.02 Å². The quantitative estimate of drug-likeness (QED) is 0.583. The van der Waals surface area contributed by atoms with E-state index in [4.69, 9.17) is 17.3 Å². The molecule has 0 aromatic heterocycles. The molecule has 0 aliphatic carbocycles. The lowest BCUT2D eigenvalue weighted by molar-refractivity contribution is -0.121. The molecule has 0 saturated heterocycles. The van der Waals surface area contributed by atoms with Gasteiger partial charge in [-0.05, 0) is 48.6 Å². The van der Waals surface area contributed by atoms with Gasteiger partial charge in [-0.25, -0.2) is 0 Å². The highest BCUT2D eigenvalue weighted by Gasteiger charge is 2.04. The van der Waals surface area contributed by atoms with E-state index in [0.717, 1.165) is 29.1 Å². The Bertz CT molecular complexity index is 615. The van der Waals surface area contributed by atoms with Crippen LogP contribution in [0.25, 0.3) is 0 Å². The van der Waals surface area contributed by atoms with Gasteiger partial charge in [0.15, 0.2) is 0 Å². The number of hydrogen-bond acceptors (Lipinski definition) is 2. The summed E-state index contributed by atoms with van der Waals surface area (Å²) in [5, 5.41) is 3.70. The van der Waals surface area contributed by atoms with Gasteiger partial charge in [-0.3, -0.25) is 4.79 Å². The number of halogens is 2. The van der Waals surface area contributed by atoms with Crippen LogP contribution in [-0.4, -0.2) is 12.5 Å². The van der Waals surface area contributed by atoms with Gasteiger partial charge >= 0.3 is 0 Å². The van der Waals surface area contributed by atoms with Crippen LogP contribution in [0.1, 0.15) is 24.0 Å². The second-order valence-electron chi connectivity index (χ2n) is 5.28. The van der Waals surface area contributed by atoms with Gasteiger partial charge in [0, 0.05) is 23.7 Å². The standard InChI is InChI=1S/C18H21ClN2O.ClH/c19-16-10-7-14(8-11-16)4-3-13-21-18(22)12-9-15-5-1-2-6-17(15)20;/h1-2,5-8,10-11H,3-4,9,12-13,20H2,(H,21,22);1H. The number of anilines is 1. The Morgan fingerprint density at radius 2 is 1.74 bits per heavy atom. The van der Waals surface area contributed by atoms with Crippen molar-refractivity contribution in [2.45, 2.75) is 25.7 Å². The van der Waals surface area contributed by atoms with Crippen LogP contribution in [0.3, 0.4) is 0 Å². The summed E-state index contributed by atoms with van der Waals surface area (Å²) in [6, 6.07) is 15.5. The molecule has 5 heteroatoms. The molecule has 0 aliphatic rings. The Kier molecular flexibility index (Phi) is 8.52. The van der Waals surface area contributed by atoms with Gasteiger partial charge in [0.1, 0.15) is 0 Å². The first-order chi connectivity index (χ1) is 10.6. The van der Waals surface area contributed by atoms with E-state index in [9.17, 15) is 4.79 Å². The average Bonchev–Trinajstić information content (AvgIpc) is 2.52. The van der Waals surface area contributed by atoms with Crippen molar-refractivity contribution in [1.29, 1.82) is 0 Å². The van der Waals surface area contributed by atoms with E-state index in [1.165, 1.54) is 5.56 Å². The Balaban J connectivity index is 0.00000264. The number of aryl methyl sites for hydroxylation is 2. The average molecular weight is 353 g/mol. The third kappa shape index (κ3) is 6.93. The van der Waals surface area contributed by atoms with Crippen molar-refractivity contribution < 1.29 is 4.79 Å². The number of benzene rings is 2. The normalized spacial score (nSPS) is 9.96. The summed E-state index contributed by atoms with van der Waals surface area (Å²) in [6.07, 6.45) is 2.99. The van der Waals surface area contributed by atoms with E-state index < -0.39 is 0 Å². The van der Waals surface area contributed by atoms with Crippen LogP contribution < -0.4 is 11.1 Å². The number of rotatable bonds is 7. The number of hydrogen-bond donors (Lipinski definition) is 2. The van der Waals surface area contributed by atoms with Gasteiger partial charge in [0.2, 0.25) is 5.91 Å². The highest BCUT2D eigenvalue weighted by atomic mass is 35.5. The molecular weight excluding hydrogens is 331 g/mol. The third-order valence-electron chi connectivity index (χ3n) is 3.55. The van der Waals surface area contributed by atoms with Crippen LogP contribution in [0.4, 0.5) is 5.69 Å². The molecule has 0 aliphatic heterocycles. The fraction of sp³-hybridized carbons (Fsp3) is 0.278. The molecule has 0 atom stereocenters. The van der Waals surface area contributed by atoms with Gasteiger partial charge < -0.3 is 11.1 Å². The Morgan fingerprint density at radius 1 is 1.04 bits per heavy atom. The first kappa shape index (κ1) is 19.3. The molecule has 1 amide bonds. The van der Waals surface area contributed by atoms with Crippen LogP contribution in [0, 0.1) is 0 Å². The van der Waals surface area contributed by atoms with E-state index in [2.05, 4.69) is 5.32 Å². The lowest BCUT2D eigenvalue weighted by Gasteiger charge is -2.07. The number of nitrogen functional groups attached to an aromatic ring is 1. The molecule has 2 aromatic rings. The molecule has 0 unspecified atom stereocenters. The van der Waals surface area contributed by atoms with Crippen molar-refractivity contribution in [3.05, 3.63) is 64.7 Å². The lowest BCUT2D eigenvalue weighted by Crippen LogP contribution is -2.25. The minimum Gasteiger partial charge on any atom is -0.399 e. The summed E-state index contributed by atoms with van der Waals surface area (Å²) in [6.45, 7) is 0.686. The van der Waals surface area contributed by atoms with Crippen molar-refractivity contribution in [2.24, 2.45) is 0 Å². The largest absolute Gasteiger partial charge is 0.399 e. The summed E-state index contributed by atoms with van der Waals surface area (Å²) >= 11 is 5.85. The molecule has 0 bridgehead atoms. The summed E-state index contributed by atoms with van der Waals surface area (Å²) < 4.78 is 0. The monoisotopic (exact) mass is 352 g/mol. The second kappa shape index (κ2) is 10.1. The molecule has 0 heterocycles. The van der Waals surface area contributed by atoms with Gasteiger partial charge in [0.25, 0.3) is 0 Å². The molecule has 0 fully saturated rings. The second-order valence-corrected chi connectivity index (χ2v) is 5.72. The first-order valence-electron chi connectivity index (χ1n) is 7.49. The molecule has 0 saturated carbocycles. The van der Waals surface area contributed by atoms with Gasteiger partial charge in [-0.15, -0.1) is 12.4 Å². The molecule has 0 spiro atoms. The van der Waals surface area contributed by atoms with E-state index in [1.54, 1.807) is 0 Å². The Labute approximate surface area is 148 Å². The van der Waals surface area contributed by atoms with Crippen molar-refractivity contribution >= 4 is 35.6 Å². The zero-order valence-electron chi connectivity index (χ0n) is 12.9. The van der Waals surface area contributed by atoms with Crippen molar-refractivity contribution in [3.8, 4) is 0 Å². The molecular formula is C18H22Cl2N2O. The van der Waals surface area contributed by atoms with E-state index in [-0.39, 0.29) is 18.3 Å². The molecule has 2 rings (SSSR count). The van der Waals surface area contributed by atoms with Crippen molar-refractivity contribution in [3.63, 3.8) is 0 Å². The summed E-state index contributed by atoms with van der Waals surface area (Å²) in [5.74, 6) is 0.0689. The number of carbonyl (C=O) groups excluding carboxylic acids is 1. The molecule has 124 valence electrons. The van der Waals surface area contributed by atoms with Gasteiger partial charge in [-0.1, -0.05) is 41.9 Å². The summed E-state index contributed by atoms with van der Waals surface area (Å²) in [7, 11) is 0. The highest BCUT2D eigenvalue weighted by molar-refractivity contribution is 6.30. The fourth-order valence-corrected chi connectivity index (χ4v) is 2.40. The Hall–Kier alpha value is -1.71. The topological polar surface area (TPSA) is 55.1 Å². The van der Waals surface area contributed by atoms with Crippen molar-refractivity contribution in [1.82, 2.24) is 5.32 Å². The van der Waals surface area contributed by atoms with Crippen LogP contribution >= 0.6 is 24.0 Å². The molecule has 3 N–H and O–H groups in total. The fourth-order valence-electron chi connectivity index (χ4n) is 2.27. The number of carbonyl (C=O) groups is 1. The van der Waals surface area contributed by atoms with Crippen LogP contribution in [0.5, 0.6) is 0 Å². The maximum atomic E-state index is 11.8. The molecule has 0 radical (unpaired) electrons. The lowest BCUT2D eigenvalue weighted by atomic mass is 10.1. The van der Waals surface area contributed by atoms with E-state index in [1.807, 2.05) is 48.5 Å².